The van der Waals surface area contributed by atoms with Crippen LogP contribution in [0.15, 0.2) is 36.4 Å². The average Bonchev–Trinajstić information content (AvgIpc) is 2.27. The van der Waals surface area contributed by atoms with E-state index in [0.29, 0.717) is 5.02 Å². The fourth-order valence-corrected chi connectivity index (χ4v) is 1.83. The van der Waals surface area contributed by atoms with Gasteiger partial charge in [-0.25, -0.2) is 0 Å². The molecule has 0 fully saturated rings. The normalized spacial score (nSPS) is 12.6. The van der Waals surface area contributed by atoms with Gasteiger partial charge >= 0.3 is 5.97 Å². The number of fused-ring (bicyclic) bond motifs is 1. The van der Waals surface area contributed by atoms with Crippen LogP contribution in [0, 0.1) is 0 Å². The summed E-state index contributed by atoms with van der Waals surface area (Å²) in [7, 11) is 0. The maximum atomic E-state index is 10.9. The molecule has 2 aromatic carbocycles. The minimum atomic E-state index is -0.812. The molecule has 0 radical (unpaired) electrons. The molecule has 0 bridgehead atoms. The number of hydrogen-bond donors (Lipinski definition) is 1. The van der Waals surface area contributed by atoms with Gasteiger partial charge < -0.3 is 5.11 Å². The minimum absolute atomic E-state index is 0.486. The summed E-state index contributed by atoms with van der Waals surface area (Å²) in [5.74, 6) is -1.30. The Labute approximate surface area is 98.5 Å². The Bertz CT molecular complexity index is 549. The second-order valence-electron chi connectivity index (χ2n) is 3.81. The van der Waals surface area contributed by atoms with E-state index >= 15 is 0 Å². The van der Waals surface area contributed by atoms with Crippen LogP contribution in [0.3, 0.4) is 0 Å². The summed E-state index contributed by atoms with van der Waals surface area (Å²) in [6.45, 7) is 1.68. The minimum Gasteiger partial charge on any atom is -0.481 e. The van der Waals surface area contributed by atoms with Gasteiger partial charge in [0.25, 0.3) is 0 Å². The third-order valence-electron chi connectivity index (χ3n) is 2.70. The van der Waals surface area contributed by atoms with Crippen LogP contribution in [0.25, 0.3) is 10.8 Å². The Kier molecular flexibility index (Phi) is 2.84. The van der Waals surface area contributed by atoms with Gasteiger partial charge in [0.1, 0.15) is 0 Å². The number of carbonyl (C=O) groups is 1. The molecule has 2 nitrogen and oxygen atoms in total. The molecule has 82 valence electrons. The molecule has 0 saturated carbocycles. The number of halogens is 1. The Morgan fingerprint density at radius 3 is 2.50 bits per heavy atom. The number of benzene rings is 2. The summed E-state index contributed by atoms with van der Waals surface area (Å²) < 4.78 is 0. The van der Waals surface area contributed by atoms with Crippen molar-refractivity contribution in [2.24, 2.45) is 0 Å². The van der Waals surface area contributed by atoms with E-state index in [9.17, 15) is 4.79 Å². The van der Waals surface area contributed by atoms with Gasteiger partial charge in [-0.2, -0.15) is 0 Å². The summed E-state index contributed by atoms with van der Waals surface area (Å²) >= 11 is 5.88. The van der Waals surface area contributed by atoms with Crippen LogP contribution < -0.4 is 0 Å². The van der Waals surface area contributed by atoms with Crippen LogP contribution in [-0.2, 0) is 4.79 Å². The Hall–Kier alpha value is -1.54. The molecule has 0 aromatic heterocycles. The quantitative estimate of drug-likeness (QED) is 0.861. The van der Waals surface area contributed by atoms with E-state index in [-0.39, 0.29) is 0 Å². The van der Waals surface area contributed by atoms with Crippen LogP contribution in [0.4, 0.5) is 0 Å². The molecule has 0 amide bonds. The SMILES string of the molecule is C[C@@H](C(=O)O)c1ccc2cc(Cl)ccc2c1. The van der Waals surface area contributed by atoms with Crippen molar-refractivity contribution in [3.05, 3.63) is 47.0 Å². The molecule has 3 heteroatoms. The summed E-state index contributed by atoms with van der Waals surface area (Å²) in [5.41, 5.74) is 0.808. The first-order valence-corrected chi connectivity index (χ1v) is 5.38. The molecule has 1 N–H and O–H groups in total. The standard InChI is InChI=1S/C13H11ClO2/c1-8(13(15)16)9-2-3-11-7-12(14)5-4-10(11)6-9/h2-8H,1H3,(H,15,16)/t8-/m1/s1. The molecule has 0 spiro atoms. The number of aliphatic carboxylic acids is 1. The molecule has 0 unspecified atom stereocenters. The molecule has 2 aromatic rings. The van der Waals surface area contributed by atoms with E-state index in [0.717, 1.165) is 16.3 Å². The van der Waals surface area contributed by atoms with Crippen molar-refractivity contribution in [3.63, 3.8) is 0 Å². The summed E-state index contributed by atoms with van der Waals surface area (Å²) in [6.07, 6.45) is 0. The van der Waals surface area contributed by atoms with Gasteiger partial charge in [0.15, 0.2) is 0 Å². The molecular weight excluding hydrogens is 224 g/mol. The molecule has 0 saturated heterocycles. The number of carboxylic acid groups (broad SMARTS) is 1. The number of carboxylic acids is 1. The van der Waals surface area contributed by atoms with Crippen molar-refractivity contribution < 1.29 is 9.90 Å². The third-order valence-corrected chi connectivity index (χ3v) is 2.93. The highest BCUT2D eigenvalue weighted by Gasteiger charge is 2.13. The van der Waals surface area contributed by atoms with Gasteiger partial charge in [-0.3, -0.25) is 4.79 Å². The zero-order valence-corrected chi connectivity index (χ0v) is 9.53. The van der Waals surface area contributed by atoms with E-state index in [4.69, 9.17) is 16.7 Å². The molecule has 0 heterocycles. The lowest BCUT2D eigenvalue weighted by atomic mass is 9.98. The average molecular weight is 235 g/mol. The number of rotatable bonds is 2. The van der Waals surface area contributed by atoms with Crippen LogP contribution in [0.5, 0.6) is 0 Å². The first kappa shape index (κ1) is 11.0. The predicted octanol–water partition coefficient (Wildman–Crippen LogP) is 3.68. The fraction of sp³-hybridized carbons (Fsp3) is 0.154. The summed E-state index contributed by atoms with van der Waals surface area (Å²) in [4.78, 5) is 10.9. The monoisotopic (exact) mass is 234 g/mol. The maximum absolute atomic E-state index is 10.9. The van der Waals surface area contributed by atoms with Crippen LogP contribution >= 0.6 is 11.6 Å². The van der Waals surface area contributed by atoms with E-state index in [2.05, 4.69) is 0 Å². The molecule has 1 atom stereocenters. The van der Waals surface area contributed by atoms with Gasteiger partial charge in [0.2, 0.25) is 0 Å². The lowest BCUT2D eigenvalue weighted by Gasteiger charge is -2.08. The third kappa shape index (κ3) is 2.02. The Balaban J connectivity index is 2.52. The zero-order chi connectivity index (χ0) is 11.7. The van der Waals surface area contributed by atoms with E-state index in [1.807, 2.05) is 30.3 Å². The molecule has 0 aliphatic rings. The zero-order valence-electron chi connectivity index (χ0n) is 8.77. The first-order valence-electron chi connectivity index (χ1n) is 5.00. The summed E-state index contributed by atoms with van der Waals surface area (Å²) in [6, 6.07) is 11.2. The van der Waals surface area contributed by atoms with Gasteiger partial charge in [-0.15, -0.1) is 0 Å². The Morgan fingerprint density at radius 2 is 1.81 bits per heavy atom. The van der Waals surface area contributed by atoms with Crippen molar-refractivity contribution in [2.75, 3.05) is 0 Å². The van der Waals surface area contributed by atoms with E-state index in [1.165, 1.54) is 0 Å². The second-order valence-corrected chi connectivity index (χ2v) is 4.25. The van der Waals surface area contributed by atoms with Gasteiger partial charge in [0, 0.05) is 5.02 Å². The largest absolute Gasteiger partial charge is 0.481 e. The fourth-order valence-electron chi connectivity index (χ4n) is 1.65. The van der Waals surface area contributed by atoms with Gasteiger partial charge in [-0.1, -0.05) is 35.9 Å². The smallest absolute Gasteiger partial charge is 0.310 e. The van der Waals surface area contributed by atoms with E-state index in [1.54, 1.807) is 13.0 Å². The first-order chi connectivity index (χ1) is 7.58. The summed E-state index contributed by atoms with van der Waals surface area (Å²) in [5, 5.41) is 11.6. The number of hydrogen-bond acceptors (Lipinski definition) is 1. The Morgan fingerprint density at radius 1 is 1.19 bits per heavy atom. The van der Waals surface area contributed by atoms with Crippen LogP contribution in [0.2, 0.25) is 5.02 Å². The van der Waals surface area contributed by atoms with Gasteiger partial charge in [0.05, 0.1) is 5.92 Å². The van der Waals surface area contributed by atoms with Crippen LogP contribution in [-0.4, -0.2) is 11.1 Å². The topological polar surface area (TPSA) is 37.3 Å². The lowest BCUT2D eigenvalue weighted by Crippen LogP contribution is -2.06. The highest BCUT2D eigenvalue weighted by molar-refractivity contribution is 6.31. The van der Waals surface area contributed by atoms with Crippen molar-refractivity contribution in [1.82, 2.24) is 0 Å². The van der Waals surface area contributed by atoms with Crippen molar-refractivity contribution >= 4 is 28.3 Å². The predicted molar refractivity (Wildman–Crippen MR) is 65.0 cm³/mol. The maximum Gasteiger partial charge on any atom is 0.310 e. The van der Waals surface area contributed by atoms with E-state index < -0.39 is 11.9 Å². The van der Waals surface area contributed by atoms with Crippen molar-refractivity contribution in [2.45, 2.75) is 12.8 Å². The highest BCUT2D eigenvalue weighted by atomic mass is 35.5. The molecule has 0 aliphatic carbocycles. The second kappa shape index (κ2) is 4.14. The molecule has 0 aliphatic heterocycles. The highest BCUT2D eigenvalue weighted by Crippen LogP contribution is 2.24. The molecule has 2 rings (SSSR count). The van der Waals surface area contributed by atoms with Crippen molar-refractivity contribution in [3.8, 4) is 0 Å². The van der Waals surface area contributed by atoms with Gasteiger partial charge in [-0.05, 0) is 35.4 Å². The molecular formula is C13H11ClO2. The van der Waals surface area contributed by atoms with Crippen molar-refractivity contribution in [1.29, 1.82) is 0 Å². The lowest BCUT2D eigenvalue weighted by molar-refractivity contribution is -0.138. The van der Waals surface area contributed by atoms with Crippen LogP contribution in [0.1, 0.15) is 18.4 Å². The molecule has 16 heavy (non-hydrogen) atoms.